The first-order valence-corrected chi connectivity index (χ1v) is 10.9. The molecule has 1 aromatic heterocycles. The molecule has 4 atom stereocenters. The lowest BCUT2D eigenvalue weighted by atomic mass is 10.0. The van der Waals surface area contributed by atoms with E-state index in [0.717, 1.165) is 16.7 Å². The fourth-order valence-corrected chi connectivity index (χ4v) is 3.71. The third-order valence-electron chi connectivity index (χ3n) is 5.72. The highest BCUT2D eigenvalue weighted by molar-refractivity contribution is 5.65. The average Bonchev–Trinajstić information content (AvgIpc) is 3.48. The second kappa shape index (κ2) is 9.77. The molecular weight excluding hydrogens is 420 g/mol. The predicted molar refractivity (Wildman–Crippen MR) is 124 cm³/mol. The predicted octanol–water partition coefficient (Wildman–Crippen LogP) is 2.50. The van der Waals surface area contributed by atoms with Crippen LogP contribution in [0.1, 0.15) is 31.3 Å². The Kier molecular flexibility index (Phi) is 6.82. The summed E-state index contributed by atoms with van der Waals surface area (Å²) in [6.45, 7) is 3.92. The Morgan fingerprint density at radius 2 is 1.82 bits per heavy atom. The smallest absolute Gasteiger partial charge is 0.150 e. The van der Waals surface area contributed by atoms with Crippen molar-refractivity contribution in [2.24, 2.45) is 0 Å². The van der Waals surface area contributed by atoms with Gasteiger partial charge in [0.2, 0.25) is 0 Å². The second-order valence-corrected chi connectivity index (χ2v) is 8.38. The highest BCUT2D eigenvalue weighted by atomic mass is 16.6. The van der Waals surface area contributed by atoms with Crippen molar-refractivity contribution in [2.45, 2.75) is 37.7 Å². The summed E-state index contributed by atoms with van der Waals surface area (Å²) in [6.07, 6.45) is 1.60. The number of rotatable bonds is 6. The van der Waals surface area contributed by atoms with Crippen LogP contribution in [0.15, 0.2) is 60.9 Å². The zero-order valence-corrected chi connectivity index (χ0v) is 18.7. The zero-order valence-electron chi connectivity index (χ0n) is 18.7. The molecule has 172 valence electrons. The quantitative estimate of drug-likeness (QED) is 0.502. The van der Waals surface area contributed by atoms with Gasteiger partial charge < -0.3 is 29.4 Å². The lowest BCUT2D eigenvalue weighted by Crippen LogP contribution is -2.34. The fraction of sp³-hybridized carbons (Fsp3) is 0.346. The molecule has 0 saturated carbocycles. The van der Waals surface area contributed by atoms with E-state index in [9.17, 15) is 15.3 Å². The normalized spacial score (nSPS) is 20.5. The van der Waals surface area contributed by atoms with Gasteiger partial charge in [-0.25, -0.2) is 4.98 Å². The minimum Gasteiger partial charge on any atom is -0.485 e. The molecule has 2 heterocycles. The van der Waals surface area contributed by atoms with Gasteiger partial charge in [-0.15, -0.1) is 0 Å². The highest BCUT2D eigenvalue weighted by Gasteiger charge is 2.28. The Bertz CT molecular complexity index is 1130. The molecule has 0 aliphatic carbocycles. The van der Waals surface area contributed by atoms with E-state index in [1.807, 2.05) is 55.5 Å². The average molecular weight is 449 g/mol. The minimum absolute atomic E-state index is 0.216. The van der Waals surface area contributed by atoms with Gasteiger partial charge >= 0.3 is 0 Å². The summed E-state index contributed by atoms with van der Waals surface area (Å²) in [6, 6.07) is 15.5. The number of hydrogen-bond donors (Lipinski definition) is 3. The lowest BCUT2D eigenvalue weighted by molar-refractivity contribution is 0.0733. The first kappa shape index (κ1) is 23.0. The van der Waals surface area contributed by atoms with E-state index in [2.05, 4.69) is 16.8 Å². The van der Waals surface area contributed by atoms with Crippen molar-refractivity contribution in [3.05, 3.63) is 72.3 Å². The lowest BCUT2D eigenvalue weighted by Gasteiger charge is -2.25. The number of aliphatic hydroxyl groups excluding tert-OH is 3. The molecule has 7 heteroatoms. The van der Waals surface area contributed by atoms with E-state index in [-0.39, 0.29) is 12.7 Å². The molecule has 1 aliphatic heterocycles. The molecule has 1 aliphatic rings. The number of imidazole rings is 1. The third kappa shape index (κ3) is 5.10. The van der Waals surface area contributed by atoms with Crippen molar-refractivity contribution in [1.82, 2.24) is 9.55 Å². The molecule has 3 N–H and O–H groups in total. The number of benzene rings is 2. The van der Waals surface area contributed by atoms with Crippen LogP contribution in [-0.2, 0) is 10.3 Å². The van der Waals surface area contributed by atoms with E-state index in [1.54, 1.807) is 23.9 Å². The van der Waals surface area contributed by atoms with Crippen molar-refractivity contribution in [1.29, 1.82) is 0 Å². The Morgan fingerprint density at radius 1 is 1.15 bits per heavy atom. The standard InChI is InChI=1S/C26H28N2O5/c1-18(30)25-27-13-14-28(25)26(2,17-29)12-11-19-3-5-20(6-4-19)21-7-9-22(10-8-21)33-24-16-32-15-23(24)31/h3-10,13-14,18,23-24,29-31H,15-17H2,1-2H3/t18-,23+,24?,26-/m0/s1. The molecule has 2 aromatic carbocycles. The fourth-order valence-electron chi connectivity index (χ4n) is 3.71. The molecule has 4 rings (SSSR count). The van der Waals surface area contributed by atoms with E-state index in [1.165, 1.54) is 0 Å². The summed E-state index contributed by atoms with van der Waals surface area (Å²) in [4.78, 5) is 4.17. The number of aromatic nitrogens is 2. The molecule has 3 aromatic rings. The van der Waals surface area contributed by atoms with Crippen molar-refractivity contribution in [3.8, 4) is 28.7 Å². The summed E-state index contributed by atoms with van der Waals surface area (Å²) in [5, 5.41) is 29.8. The van der Waals surface area contributed by atoms with Gasteiger partial charge in [0.15, 0.2) is 0 Å². The van der Waals surface area contributed by atoms with Gasteiger partial charge in [0.25, 0.3) is 0 Å². The van der Waals surface area contributed by atoms with Crippen LogP contribution in [0.25, 0.3) is 11.1 Å². The summed E-state index contributed by atoms with van der Waals surface area (Å²) in [7, 11) is 0. The van der Waals surface area contributed by atoms with E-state index < -0.39 is 17.7 Å². The van der Waals surface area contributed by atoms with Crippen molar-refractivity contribution < 1.29 is 24.8 Å². The van der Waals surface area contributed by atoms with E-state index >= 15 is 0 Å². The number of ether oxygens (including phenoxy) is 2. The van der Waals surface area contributed by atoms with Crippen LogP contribution in [0.4, 0.5) is 0 Å². The molecule has 1 fully saturated rings. The molecule has 0 amide bonds. The molecule has 33 heavy (non-hydrogen) atoms. The molecular formula is C26H28N2O5. The van der Waals surface area contributed by atoms with Gasteiger partial charge in [-0.2, -0.15) is 0 Å². The van der Waals surface area contributed by atoms with Gasteiger partial charge in [-0.3, -0.25) is 0 Å². The Balaban J connectivity index is 1.47. The monoisotopic (exact) mass is 448 g/mol. The molecule has 1 saturated heterocycles. The highest BCUT2D eigenvalue weighted by Crippen LogP contribution is 2.25. The SMILES string of the molecule is C[C@H](O)c1nccn1[C@@](C)(C#Cc1ccc(-c2ccc(OC3COC[C@H]3O)cc2)cc1)CO. The summed E-state index contributed by atoms with van der Waals surface area (Å²) < 4.78 is 12.7. The third-order valence-corrected chi connectivity index (χ3v) is 5.72. The number of nitrogens with zero attached hydrogens (tertiary/aromatic N) is 2. The second-order valence-electron chi connectivity index (χ2n) is 8.38. The van der Waals surface area contributed by atoms with Crippen LogP contribution in [0.3, 0.4) is 0 Å². The molecule has 0 bridgehead atoms. The Hall–Kier alpha value is -3.15. The van der Waals surface area contributed by atoms with Crippen LogP contribution < -0.4 is 4.74 Å². The topological polar surface area (TPSA) is 97.0 Å². The van der Waals surface area contributed by atoms with Gasteiger partial charge in [-0.05, 0) is 49.2 Å². The van der Waals surface area contributed by atoms with Crippen LogP contribution >= 0.6 is 0 Å². The molecule has 1 unspecified atom stereocenters. The number of aliphatic hydroxyl groups is 3. The van der Waals surface area contributed by atoms with Crippen molar-refractivity contribution >= 4 is 0 Å². The molecule has 0 spiro atoms. The van der Waals surface area contributed by atoms with Crippen molar-refractivity contribution in [3.63, 3.8) is 0 Å². The van der Waals surface area contributed by atoms with Gasteiger partial charge in [-0.1, -0.05) is 36.1 Å². The van der Waals surface area contributed by atoms with E-state index in [0.29, 0.717) is 24.8 Å². The van der Waals surface area contributed by atoms with Crippen LogP contribution in [0, 0.1) is 11.8 Å². The largest absolute Gasteiger partial charge is 0.485 e. The summed E-state index contributed by atoms with van der Waals surface area (Å²) in [5.74, 6) is 7.40. The van der Waals surface area contributed by atoms with Gasteiger partial charge in [0, 0.05) is 18.0 Å². The first-order valence-electron chi connectivity index (χ1n) is 10.9. The maximum atomic E-state index is 10.00. The molecule has 7 nitrogen and oxygen atoms in total. The maximum Gasteiger partial charge on any atom is 0.150 e. The maximum absolute atomic E-state index is 10.00. The van der Waals surface area contributed by atoms with Crippen LogP contribution in [0.5, 0.6) is 5.75 Å². The summed E-state index contributed by atoms with van der Waals surface area (Å²) in [5.41, 5.74) is 1.97. The first-order chi connectivity index (χ1) is 15.9. The minimum atomic E-state index is -0.907. The van der Waals surface area contributed by atoms with E-state index in [4.69, 9.17) is 9.47 Å². The van der Waals surface area contributed by atoms with Gasteiger partial charge in [0.1, 0.15) is 35.4 Å². The molecule has 0 radical (unpaired) electrons. The summed E-state index contributed by atoms with van der Waals surface area (Å²) >= 11 is 0. The Labute approximate surface area is 193 Å². The zero-order chi connectivity index (χ0) is 23.4. The van der Waals surface area contributed by atoms with Crippen molar-refractivity contribution in [2.75, 3.05) is 19.8 Å². The van der Waals surface area contributed by atoms with Crippen LogP contribution in [-0.4, -0.2) is 56.9 Å². The Morgan fingerprint density at radius 3 is 2.39 bits per heavy atom. The van der Waals surface area contributed by atoms with Crippen LogP contribution in [0.2, 0.25) is 0 Å². The van der Waals surface area contributed by atoms with Gasteiger partial charge in [0.05, 0.1) is 19.8 Å². The number of hydrogen-bond acceptors (Lipinski definition) is 6.